The Bertz CT molecular complexity index is 554. The lowest BCUT2D eigenvalue weighted by atomic mass is 9.89. The van der Waals surface area contributed by atoms with E-state index in [1.807, 2.05) is 6.92 Å². The maximum absolute atomic E-state index is 12.5. The second kappa shape index (κ2) is 5.75. The standard InChI is InChI=1S/C14H22N4O3/c1-4-10-11(9-17(3)16-10)15-13(21)18-8-6-5-7-14(18,2)12(19)20/h9H,4-8H2,1-3H3,(H,15,21)(H,19,20). The van der Waals surface area contributed by atoms with Crippen LogP contribution >= 0.6 is 0 Å². The molecule has 1 aliphatic heterocycles. The van der Waals surface area contributed by atoms with E-state index in [1.165, 1.54) is 4.90 Å². The number of carbonyl (C=O) groups is 2. The normalized spacial score (nSPS) is 22.1. The summed E-state index contributed by atoms with van der Waals surface area (Å²) in [6.07, 6.45) is 4.55. The van der Waals surface area contributed by atoms with Crippen LogP contribution < -0.4 is 5.32 Å². The predicted octanol–water partition coefficient (Wildman–Crippen LogP) is 1.84. The highest BCUT2D eigenvalue weighted by Crippen LogP contribution is 2.29. The third-order valence-electron chi connectivity index (χ3n) is 4.08. The lowest BCUT2D eigenvalue weighted by Gasteiger charge is -2.41. The van der Waals surface area contributed by atoms with Crippen LogP contribution in [0.2, 0.25) is 0 Å². The number of carboxylic acids is 1. The Morgan fingerprint density at radius 3 is 2.81 bits per heavy atom. The molecule has 0 radical (unpaired) electrons. The average Bonchev–Trinajstić information content (AvgIpc) is 2.78. The van der Waals surface area contributed by atoms with Crippen LogP contribution in [-0.2, 0) is 18.3 Å². The first-order chi connectivity index (χ1) is 9.88. The molecule has 2 N–H and O–H groups in total. The van der Waals surface area contributed by atoms with Gasteiger partial charge in [-0.05, 0) is 32.6 Å². The van der Waals surface area contributed by atoms with E-state index in [0.717, 1.165) is 18.5 Å². The van der Waals surface area contributed by atoms with E-state index in [2.05, 4.69) is 10.4 Å². The summed E-state index contributed by atoms with van der Waals surface area (Å²) in [4.78, 5) is 25.4. The molecule has 2 heterocycles. The number of hydrogen-bond donors (Lipinski definition) is 2. The van der Waals surface area contributed by atoms with E-state index in [1.54, 1.807) is 24.9 Å². The van der Waals surface area contributed by atoms with Gasteiger partial charge in [0.1, 0.15) is 5.54 Å². The van der Waals surface area contributed by atoms with Gasteiger partial charge in [0, 0.05) is 19.8 Å². The maximum atomic E-state index is 12.5. The van der Waals surface area contributed by atoms with E-state index in [-0.39, 0.29) is 6.03 Å². The molecule has 2 rings (SSSR count). The van der Waals surface area contributed by atoms with Crippen LogP contribution in [0.25, 0.3) is 0 Å². The minimum atomic E-state index is -1.14. The van der Waals surface area contributed by atoms with Gasteiger partial charge in [-0.3, -0.25) is 4.68 Å². The van der Waals surface area contributed by atoms with Gasteiger partial charge < -0.3 is 15.3 Å². The van der Waals surface area contributed by atoms with Crippen molar-refractivity contribution in [2.45, 2.75) is 45.1 Å². The van der Waals surface area contributed by atoms with Gasteiger partial charge in [-0.25, -0.2) is 9.59 Å². The van der Waals surface area contributed by atoms with Crippen molar-refractivity contribution in [3.05, 3.63) is 11.9 Å². The molecule has 2 amide bonds. The van der Waals surface area contributed by atoms with Crippen LogP contribution in [0.3, 0.4) is 0 Å². The number of anilines is 1. The number of urea groups is 1. The number of aliphatic carboxylic acids is 1. The molecule has 21 heavy (non-hydrogen) atoms. The van der Waals surface area contributed by atoms with Crippen molar-refractivity contribution in [1.29, 1.82) is 0 Å². The van der Waals surface area contributed by atoms with E-state index >= 15 is 0 Å². The van der Waals surface area contributed by atoms with Gasteiger partial charge in [0.2, 0.25) is 0 Å². The lowest BCUT2D eigenvalue weighted by molar-refractivity contribution is -0.150. The minimum absolute atomic E-state index is 0.373. The number of aromatic nitrogens is 2. The molecule has 1 aromatic rings. The molecule has 1 aliphatic rings. The largest absolute Gasteiger partial charge is 0.480 e. The summed E-state index contributed by atoms with van der Waals surface area (Å²) in [5.74, 6) is -0.959. The van der Waals surface area contributed by atoms with Crippen LogP contribution in [0.5, 0.6) is 0 Å². The Morgan fingerprint density at radius 1 is 1.48 bits per heavy atom. The molecule has 0 saturated carbocycles. The predicted molar refractivity (Wildman–Crippen MR) is 78.2 cm³/mol. The molecule has 0 bridgehead atoms. The number of rotatable bonds is 3. The van der Waals surface area contributed by atoms with E-state index in [4.69, 9.17) is 0 Å². The Hall–Kier alpha value is -2.05. The minimum Gasteiger partial charge on any atom is -0.480 e. The van der Waals surface area contributed by atoms with Crippen molar-refractivity contribution in [3.63, 3.8) is 0 Å². The number of piperidine rings is 1. The average molecular weight is 294 g/mol. The highest BCUT2D eigenvalue weighted by molar-refractivity contribution is 5.94. The van der Waals surface area contributed by atoms with Gasteiger partial charge >= 0.3 is 12.0 Å². The summed E-state index contributed by atoms with van der Waals surface area (Å²) in [5.41, 5.74) is 0.292. The molecule has 1 atom stereocenters. The second-order valence-electron chi connectivity index (χ2n) is 5.63. The molecule has 1 aromatic heterocycles. The zero-order chi connectivity index (χ0) is 15.6. The maximum Gasteiger partial charge on any atom is 0.329 e. The molecule has 1 unspecified atom stereocenters. The molecule has 1 fully saturated rings. The summed E-state index contributed by atoms with van der Waals surface area (Å²) in [6, 6.07) is -0.373. The van der Waals surface area contributed by atoms with Crippen molar-refractivity contribution in [3.8, 4) is 0 Å². The molecular weight excluding hydrogens is 272 g/mol. The molecule has 1 saturated heterocycles. The third kappa shape index (κ3) is 2.86. The van der Waals surface area contributed by atoms with E-state index < -0.39 is 11.5 Å². The van der Waals surface area contributed by atoms with Crippen LogP contribution in [0.15, 0.2) is 6.20 Å². The van der Waals surface area contributed by atoms with Gasteiger partial charge in [0.25, 0.3) is 0 Å². The van der Waals surface area contributed by atoms with E-state index in [9.17, 15) is 14.7 Å². The quantitative estimate of drug-likeness (QED) is 0.890. The van der Waals surface area contributed by atoms with Gasteiger partial charge in [0.05, 0.1) is 11.4 Å². The first-order valence-electron chi connectivity index (χ1n) is 7.23. The first kappa shape index (κ1) is 15.3. The molecule has 7 heteroatoms. The SMILES string of the molecule is CCc1nn(C)cc1NC(=O)N1CCCCC1(C)C(=O)O. The fourth-order valence-electron chi connectivity index (χ4n) is 2.75. The third-order valence-corrected chi connectivity index (χ3v) is 4.08. The fraction of sp³-hybridized carbons (Fsp3) is 0.643. The number of hydrogen-bond acceptors (Lipinski definition) is 3. The molecule has 0 spiro atoms. The number of aryl methyl sites for hydroxylation is 2. The van der Waals surface area contributed by atoms with Gasteiger partial charge in [-0.1, -0.05) is 6.92 Å². The zero-order valence-corrected chi connectivity index (χ0v) is 12.7. The summed E-state index contributed by atoms with van der Waals surface area (Å²) >= 11 is 0. The smallest absolute Gasteiger partial charge is 0.329 e. The number of likely N-dealkylation sites (tertiary alicyclic amines) is 1. The number of nitrogens with zero attached hydrogens (tertiary/aromatic N) is 3. The summed E-state index contributed by atoms with van der Waals surface area (Å²) < 4.78 is 1.64. The fourth-order valence-corrected chi connectivity index (χ4v) is 2.75. The monoisotopic (exact) mass is 294 g/mol. The topological polar surface area (TPSA) is 87.5 Å². The summed E-state index contributed by atoms with van der Waals surface area (Å²) in [6.45, 7) is 4.02. The van der Waals surface area contributed by atoms with Crippen molar-refractivity contribution < 1.29 is 14.7 Å². The van der Waals surface area contributed by atoms with Crippen molar-refractivity contribution >= 4 is 17.7 Å². The number of amides is 2. The Balaban J connectivity index is 2.20. The number of nitrogens with one attached hydrogen (secondary N) is 1. The molecule has 0 aliphatic carbocycles. The first-order valence-corrected chi connectivity index (χ1v) is 7.23. The van der Waals surface area contributed by atoms with Crippen molar-refractivity contribution in [2.75, 3.05) is 11.9 Å². The molecule has 0 aromatic carbocycles. The molecule has 116 valence electrons. The summed E-state index contributed by atoms with van der Waals surface area (Å²) in [5, 5.41) is 16.5. The van der Waals surface area contributed by atoms with Crippen molar-refractivity contribution in [1.82, 2.24) is 14.7 Å². The van der Waals surface area contributed by atoms with Gasteiger partial charge in [-0.2, -0.15) is 5.10 Å². The summed E-state index contributed by atoms with van der Waals surface area (Å²) in [7, 11) is 1.79. The number of carboxylic acid groups (broad SMARTS) is 1. The van der Waals surface area contributed by atoms with Crippen LogP contribution in [0.1, 0.15) is 38.8 Å². The Labute approximate surface area is 123 Å². The van der Waals surface area contributed by atoms with Crippen molar-refractivity contribution in [2.24, 2.45) is 7.05 Å². The Morgan fingerprint density at radius 2 is 2.19 bits per heavy atom. The number of carbonyl (C=O) groups excluding carboxylic acids is 1. The van der Waals surface area contributed by atoms with Crippen LogP contribution in [-0.4, -0.2) is 43.9 Å². The van der Waals surface area contributed by atoms with Crippen LogP contribution in [0, 0.1) is 0 Å². The van der Waals surface area contributed by atoms with Gasteiger partial charge in [0.15, 0.2) is 0 Å². The highest BCUT2D eigenvalue weighted by atomic mass is 16.4. The highest BCUT2D eigenvalue weighted by Gasteiger charge is 2.44. The molecule has 7 nitrogen and oxygen atoms in total. The van der Waals surface area contributed by atoms with E-state index in [0.29, 0.717) is 25.1 Å². The second-order valence-corrected chi connectivity index (χ2v) is 5.63. The molecular formula is C14H22N4O3. The van der Waals surface area contributed by atoms with Gasteiger partial charge in [-0.15, -0.1) is 0 Å². The lowest BCUT2D eigenvalue weighted by Crippen LogP contribution is -2.58. The Kier molecular flexibility index (Phi) is 4.20. The zero-order valence-electron chi connectivity index (χ0n) is 12.7. The van der Waals surface area contributed by atoms with Crippen LogP contribution in [0.4, 0.5) is 10.5 Å².